The Bertz CT molecular complexity index is 1000. The van der Waals surface area contributed by atoms with Gasteiger partial charge in [0.1, 0.15) is 23.8 Å². The van der Waals surface area contributed by atoms with Crippen molar-refractivity contribution in [3.05, 3.63) is 24.3 Å². The van der Waals surface area contributed by atoms with Crippen LogP contribution in [0.1, 0.15) is 82.6 Å². The van der Waals surface area contributed by atoms with Gasteiger partial charge < -0.3 is 20.6 Å². The number of carbonyl (C=O) groups excluding carboxylic acids is 3. The molecule has 3 aliphatic rings. The largest absolute Gasteiger partial charge is 0.480 e. The van der Waals surface area contributed by atoms with Crippen LogP contribution < -0.4 is 10.6 Å². The molecule has 0 radical (unpaired) electrons. The van der Waals surface area contributed by atoms with Crippen LogP contribution in [-0.4, -0.2) is 68.3 Å². The van der Waals surface area contributed by atoms with Gasteiger partial charge in [-0.1, -0.05) is 46.5 Å². The van der Waals surface area contributed by atoms with E-state index >= 15 is 0 Å². The molecule has 10 nitrogen and oxygen atoms in total. The highest BCUT2D eigenvalue weighted by Gasteiger charge is 2.52. The first-order valence-electron chi connectivity index (χ1n) is 13.5. The number of aliphatic carboxylic acids is 1. The van der Waals surface area contributed by atoms with Gasteiger partial charge in [-0.15, -0.1) is 0 Å². The molecule has 1 saturated heterocycles. The normalized spacial score (nSPS) is 25.7. The van der Waals surface area contributed by atoms with E-state index in [9.17, 15) is 24.3 Å². The van der Waals surface area contributed by atoms with Crippen molar-refractivity contribution in [2.45, 2.75) is 90.3 Å². The van der Waals surface area contributed by atoms with Crippen LogP contribution in [0.4, 0.5) is 0 Å². The number of hydrogen-bond acceptors (Lipinski definition) is 6. The molecule has 3 N–H and O–H groups in total. The minimum absolute atomic E-state index is 0.0426. The molecule has 2 heterocycles. The second-order valence-electron chi connectivity index (χ2n) is 11.9. The van der Waals surface area contributed by atoms with E-state index in [1.807, 2.05) is 20.8 Å². The molecule has 2 saturated carbocycles. The Balaban J connectivity index is 1.56. The Labute approximate surface area is 218 Å². The van der Waals surface area contributed by atoms with E-state index in [1.54, 1.807) is 0 Å². The van der Waals surface area contributed by atoms with Gasteiger partial charge in [0, 0.05) is 18.9 Å². The Morgan fingerprint density at radius 2 is 1.73 bits per heavy atom. The number of fused-ring (bicyclic) bond motifs is 1. The lowest BCUT2D eigenvalue weighted by Crippen LogP contribution is -2.61. The second kappa shape index (κ2) is 11.1. The van der Waals surface area contributed by atoms with Gasteiger partial charge in [0.15, 0.2) is 0 Å². The van der Waals surface area contributed by atoms with Crippen molar-refractivity contribution >= 4 is 23.7 Å². The lowest BCUT2D eigenvalue weighted by molar-refractivity contribution is -0.152. The summed E-state index contributed by atoms with van der Waals surface area (Å²) in [6.07, 6.45) is 11.5. The average Bonchev–Trinajstić information content (AvgIpc) is 3.47. The fourth-order valence-electron chi connectivity index (χ4n) is 6.39. The molecule has 3 fully saturated rings. The molecule has 5 atom stereocenters. The smallest absolute Gasteiger partial charge is 0.326 e. The summed E-state index contributed by atoms with van der Waals surface area (Å²) in [6, 6.07) is -2.63. The fourth-order valence-corrected chi connectivity index (χ4v) is 6.39. The number of carboxylic acids is 1. The number of nitrogens with one attached hydrogen (secondary N) is 2. The Morgan fingerprint density at radius 3 is 2.35 bits per heavy atom. The van der Waals surface area contributed by atoms with E-state index in [0.717, 1.165) is 51.4 Å². The van der Waals surface area contributed by atoms with Gasteiger partial charge in [-0.05, 0) is 48.9 Å². The number of carboxylic acid groups (broad SMARTS) is 1. The zero-order valence-electron chi connectivity index (χ0n) is 22.0. The molecule has 202 valence electrons. The number of aromatic nitrogens is 2. The average molecular weight is 514 g/mol. The number of likely N-dealkylation sites (tertiary alicyclic amines) is 1. The predicted octanol–water partition coefficient (Wildman–Crippen LogP) is 2.40. The van der Waals surface area contributed by atoms with E-state index in [-0.39, 0.29) is 29.4 Å². The first kappa shape index (κ1) is 27.0. The molecule has 0 aromatic carbocycles. The van der Waals surface area contributed by atoms with Crippen molar-refractivity contribution < 1.29 is 24.3 Å². The van der Waals surface area contributed by atoms with Crippen LogP contribution in [0, 0.1) is 23.2 Å². The number of carbonyl (C=O) groups is 4. The zero-order valence-corrected chi connectivity index (χ0v) is 22.0. The van der Waals surface area contributed by atoms with Crippen LogP contribution in [0.5, 0.6) is 0 Å². The third kappa shape index (κ3) is 5.93. The summed E-state index contributed by atoms with van der Waals surface area (Å²) in [4.78, 5) is 62.2. The lowest BCUT2D eigenvalue weighted by atomic mass is 9.82. The molecule has 2 aliphatic carbocycles. The quantitative estimate of drug-likeness (QED) is 0.508. The van der Waals surface area contributed by atoms with Gasteiger partial charge in [-0.3, -0.25) is 19.4 Å². The van der Waals surface area contributed by atoms with Crippen molar-refractivity contribution in [3.63, 3.8) is 0 Å². The van der Waals surface area contributed by atoms with Crippen LogP contribution in [0.2, 0.25) is 0 Å². The van der Waals surface area contributed by atoms with Gasteiger partial charge in [0.05, 0.1) is 6.20 Å². The van der Waals surface area contributed by atoms with Gasteiger partial charge in [0.25, 0.3) is 5.91 Å². The number of rotatable bonds is 7. The zero-order chi connectivity index (χ0) is 26.7. The van der Waals surface area contributed by atoms with Crippen LogP contribution in [0.25, 0.3) is 0 Å². The lowest BCUT2D eigenvalue weighted by Gasteiger charge is -2.37. The van der Waals surface area contributed by atoms with Crippen molar-refractivity contribution in [2.75, 3.05) is 6.54 Å². The monoisotopic (exact) mass is 513 g/mol. The maximum absolute atomic E-state index is 13.9. The van der Waals surface area contributed by atoms with Crippen LogP contribution >= 0.6 is 0 Å². The van der Waals surface area contributed by atoms with Gasteiger partial charge >= 0.3 is 5.97 Å². The minimum atomic E-state index is -0.988. The third-order valence-corrected chi connectivity index (χ3v) is 8.31. The van der Waals surface area contributed by atoms with E-state index < -0.39 is 41.3 Å². The van der Waals surface area contributed by atoms with Crippen LogP contribution in [0.3, 0.4) is 0 Å². The SMILES string of the molecule is CC(C)(C)[C@@H](NC(=O)[C@H](NC(=O)c1cnccn1)C1CCCCC1)C(=O)N1C[C@@H]2CCC[C@@H]2[C@H]1C(=O)O. The van der Waals surface area contributed by atoms with Gasteiger partial charge in [-0.2, -0.15) is 0 Å². The standard InChI is InChI=1S/C27H39N5O5/c1-27(2,3)22(25(35)32-15-17-10-7-11-18(17)21(32)26(36)37)31-24(34)20(16-8-5-4-6-9-16)30-23(33)19-14-28-12-13-29-19/h12-14,16-18,20-22H,4-11,15H2,1-3H3,(H,30,33)(H,31,34)(H,36,37)/t17-,18-,20+,21-,22-/m0/s1. The van der Waals surface area contributed by atoms with Crippen LogP contribution in [0.15, 0.2) is 18.6 Å². The summed E-state index contributed by atoms with van der Waals surface area (Å²) in [5.41, 5.74) is -0.549. The molecule has 1 aromatic rings. The van der Waals surface area contributed by atoms with E-state index in [0.29, 0.717) is 6.54 Å². The Morgan fingerprint density at radius 1 is 1.00 bits per heavy atom. The van der Waals surface area contributed by atoms with E-state index in [2.05, 4.69) is 20.6 Å². The van der Waals surface area contributed by atoms with E-state index in [4.69, 9.17) is 0 Å². The first-order valence-corrected chi connectivity index (χ1v) is 13.5. The van der Waals surface area contributed by atoms with Crippen molar-refractivity contribution in [2.24, 2.45) is 23.2 Å². The Kier molecular flexibility index (Phi) is 8.14. The number of nitrogens with zero attached hydrogens (tertiary/aromatic N) is 3. The van der Waals surface area contributed by atoms with Gasteiger partial charge in [0.2, 0.25) is 11.8 Å². The minimum Gasteiger partial charge on any atom is -0.480 e. The van der Waals surface area contributed by atoms with E-state index in [1.165, 1.54) is 23.5 Å². The summed E-state index contributed by atoms with van der Waals surface area (Å²) in [5.74, 6) is -2.20. The summed E-state index contributed by atoms with van der Waals surface area (Å²) in [6.45, 7) is 5.97. The van der Waals surface area contributed by atoms with Crippen molar-refractivity contribution in [1.82, 2.24) is 25.5 Å². The molecule has 1 aromatic heterocycles. The Hall–Kier alpha value is -3.04. The summed E-state index contributed by atoms with van der Waals surface area (Å²) in [5, 5.41) is 15.8. The van der Waals surface area contributed by atoms with Crippen LogP contribution in [-0.2, 0) is 14.4 Å². The summed E-state index contributed by atoms with van der Waals surface area (Å²) < 4.78 is 0. The molecule has 10 heteroatoms. The molecule has 0 spiro atoms. The number of hydrogen-bond donors (Lipinski definition) is 3. The summed E-state index contributed by atoms with van der Waals surface area (Å²) in [7, 11) is 0. The maximum Gasteiger partial charge on any atom is 0.326 e. The third-order valence-electron chi connectivity index (χ3n) is 8.31. The fraction of sp³-hybridized carbons (Fsp3) is 0.704. The second-order valence-corrected chi connectivity index (χ2v) is 11.9. The summed E-state index contributed by atoms with van der Waals surface area (Å²) >= 11 is 0. The highest BCUT2D eigenvalue weighted by atomic mass is 16.4. The van der Waals surface area contributed by atoms with Gasteiger partial charge in [-0.25, -0.2) is 9.78 Å². The highest BCUT2D eigenvalue weighted by molar-refractivity contribution is 5.97. The molecule has 3 amide bonds. The maximum atomic E-state index is 13.9. The highest BCUT2D eigenvalue weighted by Crippen LogP contribution is 2.43. The molecule has 37 heavy (non-hydrogen) atoms. The van der Waals surface area contributed by atoms with Crippen molar-refractivity contribution in [3.8, 4) is 0 Å². The van der Waals surface area contributed by atoms with Crippen molar-refractivity contribution in [1.29, 1.82) is 0 Å². The first-order chi connectivity index (χ1) is 17.6. The molecular formula is C27H39N5O5. The predicted molar refractivity (Wildman–Crippen MR) is 135 cm³/mol. The molecular weight excluding hydrogens is 474 g/mol. The molecule has 4 rings (SSSR count). The topological polar surface area (TPSA) is 142 Å². The molecule has 0 bridgehead atoms. The molecule has 1 aliphatic heterocycles. The molecule has 0 unspecified atom stereocenters. The number of amides is 3.